The average molecular weight is 269 g/mol. The highest BCUT2D eigenvalue weighted by molar-refractivity contribution is 7.90. The molecule has 0 radical (unpaired) electrons. The predicted octanol–water partition coefficient (Wildman–Crippen LogP) is 0.900. The first-order valence-electron chi connectivity index (χ1n) is 4.95. The van der Waals surface area contributed by atoms with Gasteiger partial charge in [-0.15, -0.1) is 4.40 Å². The number of sulfonamides is 1. The second-order valence-corrected chi connectivity index (χ2v) is 5.70. The van der Waals surface area contributed by atoms with E-state index in [9.17, 15) is 8.42 Å². The zero-order valence-electron chi connectivity index (χ0n) is 8.91. The second kappa shape index (κ2) is 4.42. The third-order valence-corrected chi connectivity index (χ3v) is 3.85. The van der Waals surface area contributed by atoms with E-state index in [4.69, 9.17) is 18.0 Å². The molecule has 7 heteroatoms. The zero-order valence-corrected chi connectivity index (χ0v) is 10.5. The minimum absolute atomic E-state index is 0.213. The number of nitrogens with zero attached hydrogens (tertiary/aromatic N) is 2. The molecule has 2 N–H and O–H groups in total. The number of para-hydroxylation sites is 1. The molecule has 0 fully saturated rings. The molecule has 0 spiro atoms. The molecule has 1 aromatic carbocycles. The van der Waals surface area contributed by atoms with Gasteiger partial charge in [0.15, 0.2) is 0 Å². The third kappa shape index (κ3) is 2.45. The van der Waals surface area contributed by atoms with Gasteiger partial charge in [0.1, 0.15) is 11.2 Å². The van der Waals surface area contributed by atoms with E-state index in [2.05, 4.69) is 4.40 Å². The standard InChI is InChI=1S/C10H11N3O2S2/c11-10(16)5-6-13-7-12-17(14,15)9-4-2-1-3-8(9)13/h1-4,7H,5-6H2,(H2,11,16). The van der Waals surface area contributed by atoms with Gasteiger partial charge in [-0.2, -0.15) is 8.42 Å². The number of benzene rings is 1. The molecule has 0 aliphatic carbocycles. The van der Waals surface area contributed by atoms with Crippen molar-refractivity contribution in [2.75, 3.05) is 11.4 Å². The Morgan fingerprint density at radius 3 is 2.82 bits per heavy atom. The second-order valence-electron chi connectivity index (χ2n) is 3.57. The number of anilines is 1. The van der Waals surface area contributed by atoms with Crippen LogP contribution in [0.25, 0.3) is 0 Å². The number of hydrogen-bond donors (Lipinski definition) is 1. The maximum atomic E-state index is 11.7. The van der Waals surface area contributed by atoms with Crippen molar-refractivity contribution in [2.24, 2.45) is 10.1 Å². The van der Waals surface area contributed by atoms with Crippen LogP contribution in [-0.2, 0) is 10.0 Å². The van der Waals surface area contributed by atoms with E-state index in [0.717, 1.165) is 0 Å². The maximum Gasteiger partial charge on any atom is 0.285 e. The highest BCUT2D eigenvalue weighted by Crippen LogP contribution is 2.28. The molecule has 0 saturated heterocycles. The molecule has 2 rings (SSSR count). The Hall–Kier alpha value is -1.47. The molecular formula is C10H11N3O2S2. The van der Waals surface area contributed by atoms with Gasteiger partial charge in [0.05, 0.1) is 10.7 Å². The molecule has 1 aliphatic rings. The van der Waals surface area contributed by atoms with E-state index in [1.165, 1.54) is 12.4 Å². The van der Waals surface area contributed by atoms with Gasteiger partial charge in [-0.25, -0.2) is 0 Å². The summed E-state index contributed by atoms with van der Waals surface area (Å²) in [6, 6.07) is 6.72. The van der Waals surface area contributed by atoms with Crippen LogP contribution in [0.3, 0.4) is 0 Å². The molecule has 90 valence electrons. The summed E-state index contributed by atoms with van der Waals surface area (Å²) in [6.45, 7) is 0.519. The van der Waals surface area contributed by atoms with E-state index >= 15 is 0 Å². The van der Waals surface area contributed by atoms with Gasteiger partial charge in [0.25, 0.3) is 10.0 Å². The average Bonchev–Trinajstić information content (AvgIpc) is 2.28. The lowest BCUT2D eigenvalue weighted by Gasteiger charge is -2.24. The van der Waals surface area contributed by atoms with E-state index in [0.29, 0.717) is 23.6 Å². The summed E-state index contributed by atoms with van der Waals surface area (Å²) in [7, 11) is -3.55. The van der Waals surface area contributed by atoms with E-state index in [1.54, 1.807) is 23.1 Å². The minimum Gasteiger partial charge on any atom is -0.393 e. The fraction of sp³-hybridized carbons (Fsp3) is 0.200. The first kappa shape index (κ1) is 12.0. The molecule has 0 bridgehead atoms. The molecule has 0 atom stereocenters. The van der Waals surface area contributed by atoms with Gasteiger partial charge < -0.3 is 10.6 Å². The van der Waals surface area contributed by atoms with Gasteiger partial charge in [-0.3, -0.25) is 0 Å². The predicted molar refractivity (Wildman–Crippen MR) is 70.9 cm³/mol. The summed E-state index contributed by atoms with van der Waals surface area (Å²) in [5.41, 5.74) is 6.03. The molecular weight excluding hydrogens is 258 g/mol. The summed E-state index contributed by atoms with van der Waals surface area (Å²) in [6.07, 6.45) is 1.81. The maximum absolute atomic E-state index is 11.7. The summed E-state index contributed by atoms with van der Waals surface area (Å²) < 4.78 is 26.9. The van der Waals surface area contributed by atoms with Crippen molar-refractivity contribution < 1.29 is 8.42 Å². The van der Waals surface area contributed by atoms with Crippen molar-refractivity contribution >= 4 is 39.3 Å². The lowest BCUT2D eigenvalue weighted by Crippen LogP contribution is -2.30. The minimum atomic E-state index is -3.55. The molecule has 5 nitrogen and oxygen atoms in total. The molecule has 0 saturated carbocycles. The van der Waals surface area contributed by atoms with Crippen LogP contribution < -0.4 is 10.6 Å². The van der Waals surface area contributed by atoms with E-state index in [-0.39, 0.29) is 4.90 Å². The summed E-state index contributed by atoms with van der Waals surface area (Å²) >= 11 is 4.80. The van der Waals surface area contributed by atoms with Crippen LogP contribution in [0.15, 0.2) is 33.6 Å². The first-order chi connectivity index (χ1) is 8.00. The topological polar surface area (TPSA) is 75.8 Å². The molecule has 1 aromatic rings. The lowest BCUT2D eigenvalue weighted by molar-refractivity contribution is 0.597. The normalized spacial score (nSPS) is 16.6. The number of rotatable bonds is 3. The van der Waals surface area contributed by atoms with Crippen LogP contribution in [0.5, 0.6) is 0 Å². The van der Waals surface area contributed by atoms with Crippen LogP contribution >= 0.6 is 12.2 Å². The Labute approximate surface area is 105 Å². The lowest BCUT2D eigenvalue weighted by atomic mass is 10.3. The Kier molecular flexibility index (Phi) is 3.12. The highest BCUT2D eigenvalue weighted by Gasteiger charge is 2.24. The summed E-state index contributed by atoms with van der Waals surface area (Å²) in [4.78, 5) is 2.34. The third-order valence-electron chi connectivity index (χ3n) is 2.38. The first-order valence-corrected chi connectivity index (χ1v) is 6.80. The van der Waals surface area contributed by atoms with E-state index < -0.39 is 10.0 Å². The van der Waals surface area contributed by atoms with Crippen LogP contribution in [0.1, 0.15) is 6.42 Å². The molecule has 0 amide bonds. The van der Waals surface area contributed by atoms with Gasteiger partial charge in [0, 0.05) is 13.0 Å². The van der Waals surface area contributed by atoms with Crippen LogP contribution in [0, 0.1) is 0 Å². The summed E-state index contributed by atoms with van der Waals surface area (Å²) in [5.74, 6) is 0. The van der Waals surface area contributed by atoms with Crippen molar-refractivity contribution in [1.82, 2.24) is 0 Å². The summed E-state index contributed by atoms with van der Waals surface area (Å²) in [5, 5.41) is 0. The smallest absolute Gasteiger partial charge is 0.285 e. The van der Waals surface area contributed by atoms with E-state index in [1.807, 2.05) is 0 Å². The largest absolute Gasteiger partial charge is 0.393 e. The Morgan fingerprint density at radius 2 is 2.12 bits per heavy atom. The quantitative estimate of drug-likeness (QED) is 0.825. The van der Waals surface area contributed by atoms with Crippen molar-refractivity contribution in [3.63, 3.8) is 0 Å². The Bertz CT molecular complexity index is 581. The zero-order chi connectivity index (χ0) is 12.5. The molecule has 1 heterocycles. The SMILES string of the molecule is NC(=S)CCN1C=NS(=O)(=O)c2ccccc21. The van der Waals surface area contributed by atoms with Crippen molar-refractivity contribution in [1.29, 1.82) is 0 Å². The number of thiocarbonyl (C=S) groups is 1. The van der Waals surface area contributed by atoms with Gasteiger partial charge in [-0.1, -0.05) is 24.4 Å². The van der Waals surface area contributed by atoms with Crippen molar-refractivity contribution in [3.05, 3.63) is 24.3 Å². The van der Waals surface area contributed by atoms with Crippen LogP contribution in [-0.4, -0.2) is 26.3 Å². The monoisotopic (exact) mass is 269 g/mol. The molecule has 1 aliphatic heterocycles. The highest BCUT2D eigenvalue weighted by atomic mass is 32.2. The van der Waals surface area contributed by atoms with Crippen molar-refractivity contribution in [2.45, 2.75) is 11.3 Å². The molecule has 17 heavy (non-hydrogen) atoms. The molecule has 0 unspecified atom stereocenters. The van der Waals surface area contributed by atoms with Gasteiger partial charge in [-0.05, 0) is 12.1 Å². The fourth-order valence-corrected chi connectivity index (χ4v) is 2.70. The van der Waals surface area contributed by atoms with Gasteiger partial charge >= 0.3 is 0 Å². The Morgan fingerprint density at radius 1 is 1.41 bits per heavy atom. The number of nitrogens with two attached hydrogens (primary N) is 1. The molecule has 0 aromatic heterocycles. The van der Waals surface area contributed by atoms with Crippen molar-refractivity contribution in [3.8, 4) is 0 Å². The van der Waals surface area contributed by atoms with Crippen LogP contribution in [0.4, 0.5) is 5.69 Å². The fourth-order valence-electron chi connectivity index (χ4n) is 1.56. The van der Waals surface area contributed by atoms with Gasteiger partial charge in [0.2, 0.25) is 0 Å². The van der Waals surface area contributed by atoms with Crippen LogP contribution in [0.2, 0.25) is 0 Å². The Balaban J connectivity index is 2.37. The number of fused-ring (bicyclic) bond motifs is 1. The number of hydrogen-bond acceptors (Lipinski definition) is 4.